The second-order valence-electron chi connectivity index (χ2n) is 7.18. The van der Waals surface area contributed by atoms with Gasteiger partial charge in [0.15, 0.2) is 6.10 Å². The fourth-order valence-corrected chi connectivity index (χ4v) is 2.99. The van der Waals surface area contributed by atoms with E-state index in [0.29, 0.717) is 6.42 Å². The number of phosphoric ester groups is 1. The first-order valence-corrected chi connectivity index (χ1v) is 12.4. The monoisotopic (exact) mass is 450 g/mol. The molecule has 0 bridgehead atoms. The first kappa shape index (κ1) is 29.0. The molecule has 0 amide bonds. The topological polar surface area (TPSA) is 123 Å². The molecule has 0 spiro atoms. The highest BCUT2D eigenvalue weighted by molar-refractivity contribution is 7.46. The number of rotatable bonds is 20. The molecule has 176 valence electrons. The Labute approximate surface area is 180 Å². The highest BCUT2D eigenvalue weighted by atomic mass is 31.2. The maximum Gasteiger partial charge on any atom is 0.469 e. The van der Waals surface area contributed by atoms with E-state index in [9.17, 15) is 9.36 Å². The number of hydrogen-bond donors (Lipinski definition) is 3. The van der Waals surface area contributed by atoms with E-state index in [1.807, 2.05) is 0 Å². The second kappa shape index (κ2) is 19.9. The third-order valence-corrected chi connectivity index (χ3v) is 4.82. The third kappa shape index (κ3) is 21.7. The van der Waals surface area contributed by atoms with E-state index >= 15 is 0 Å². The van der Waals surface area contributed by atoms with Crippen LogP contribution >= 0.6 is 7.82 Å². The molecule has 0 unspecified atom stereocenters. The van der Waals surface area contributed by atoms with E-state index in [1.165, 1.54) is 25.7 Å². The van der Waals surface area contributed by atoms with Crippen LogP contribution in [0.1, 0.15) is 84.0 Å². The van der Waals surface area contributed by atoms with E-state index in [4.69, 9.17) is 19.8 Å². The fourth-order valence-electron chi connectivity index (χ4n) is 2.63. The van der Waals surface area contributed by atoms with Gasteiger partial charge >= 0.3 is 13.8 Å². The summed E-state index contributed by atoms with van der Waals surface area (Å²) >= 11 is 0. The number of carbonyl (C=O) groups is 1. The minimum Gasteiger partial charge on any atom is -0.463 e. The summed E-state index contributed by atoms with van der Waals surface area (Å²) in [6.07, 6.45) is 20.1. The molecule has 1 atom stereocenters. The molecule has 0 aliphatic rings. The normalized spacial score (nSPS) is 13.3. The first-order chi connectivity index (χ1) is 14.4. The SMILES string of the molecule is CCCCC/C=C\C/C=C\CCCCCCCC(=O)OC[C@H](COP(=O)(O)O)OO. The lowest BCUT2D eigenvalue weighted by Gasteiger charge is -2.14. The molecule has 0 heterocycles. The van der Waals surface area contributed by atoms with Gasteiger partial charge < -0.3 is 14.5 Å². The quantitative estimate of drug-likeness (QED) is 0.0569. The Morgan fingerprint density at radius 2 is 1.50 bits per heavy atom. The summed E-state index contributed by atoms with van der Waals surface area (Å²) in [7, 11) is -4.67. The van der Waals surface area contributed by atoms with Crippen molar-refractivity contribution in [1.29, 1.82) is 0 Å². The first-order valence-electron chi connectivity index (χ1n) is 10.8. The van der Waals surface area contributed by atoms with Gasteiger partial charge in [-0.05, 0) is 38.5 Å². The molecular formula is C21H39O8P. The molecule has 0 aliphatic carbocycles. The number of unbranched alkanes of at least 4 members (excludes halogenated alkanes) is 8. The van der Waals surface area contributed by atoms with Crippen molar-refractivity contribution in [2.45, 2.75) is 90.1 Å². The molecule has 0 saturated heterocycles. The molecule has 0 aromatic carbocycles. The average Bonchev–Trinajstić information content (AvgIpc) is 2.70. The molecule has 0 saturated carbocycles. The lowest BCUT2D eigenvalue weighted by atomic mass is 10.1. The van der Waals surface area contributed by atoms with Crippen molar-refractivity contribution in [3.05, 3.63) is 24.3 Å². The minimum absolute atomic E-state index is 0.252. The van der Waals surface area contributed by atoms with Crippen molar-refractivity contribution >= 4 is 13.8 Å². The number of phosphoric acid groups is 1. The van der Waals surface area contributed by atoms with Gasteiger partial charge in [-0.3, -0.25) is 14.6 Å². The van der Waals surface area contributed by atoms with Crippen LogP contribution < -0.4 is 0 Å². The molecule has 0 aliphatic heterocycles. The number of hydrogen-bond acceptors (Lipinski definition) is 6. The standard InChI is InChI=1S/C21H39O8P/c1-2-3-4-5-6-7-8-9-10-11-12-13-14-15-16-17-21(22)27-18-20(29-23)19-28-30(24,25)26/h6-7,9-10,20,23H,2-5,8,11-19H2,1H3,(H2,24,25,26)/b7-6-,10-9-/t20-/m1/s1. The predicted molar refractivity (Wildman–Crippen MR) is 116 cm³/mol. The van der Waals surface area contributed by atoms with E-state index in [2.05, 4.69) is 40.6 Å². The summed E-state index contributed by atoms with van der Waals surface area (Å²) in [5.74, 6) is -0.445. The van der Waals surface area contributed by atoms with Crippen molar-refractivity contribution < 1.29 is 38.6 Å². The van der Waals surface area contributed by atoms with Crippen molar-refractivity contribution in [2.75, 3.05) is 13.2 Å². The number of allylic oxidation sites excluding steroid dienone is 4. The Bertz CT molecular complexity index is 515. The molecule has 0 fully saturated rings. The Morgan fingerprint density at radius 3 is 2.10 bits per heavy atom. The van der Waals surface area contributed by atoms with Gasteiger partial charge in [-0.15, -0.1) is 0 Å². The highest BCUT2D eigenvalue weighted by Gasteiger charge is 2.20. The van der Waals surface area contributed by atoms with Gasteiger partial charge in [0.2, 0.25) is 0 Å². The molecule has 8 nitrogen and oxygen atoms in total. The summed E-state index contributed by atoms with van der Waals surface area (Å²) in [4.78, 5) is 32.8. The molecule has 3 N–H and O–H groups in total. The van der Waals surface area contributed by atoms with Gasteiger partial charge in [-0.25, -0.2) is 9.45 Å². The second-order valence-corrected chi connectivity index (χ2v) is 8.42. The van der Waals surface area contributed by atoms with Crippen molar-refractivity contribution in [3.8, 4) is 0 Å². The highest BCUT2D eigenvalue weighted by Crippen LogP contribution is 2.35. The summed E-state index contributed by atoms with van der Waals surface area (Å²) in [5, 5.41) is 8.62. The minimum atomic E-state index is -4.67. The molecule has 0 aromatic heterocycles. The zero-order valence-electron chi connectivity index (χ0n) is 18.1. The Kier molecular flexibility index (Phi) is 19.2. The van der Waals surface area contributed by atoms with Crippen LogP contribution in [0.5, 0.6) is 0 Å². The fraction of sp³-hybridized carbons (Fsp3) is 0.762. The summed E-state index contributed by atoms with van der Waals surface area (Å²) in [6.45, 7) is 1.29. The van der Waals surface area contributed by atoms with Gasteiger partial charge in [-0.2, -0.15) is 0 Å². The number of carbonyl (C=O) groups excluding carboxylic acids is 1. The van der Waals surface area contributed by atoms with Gasteiger partial charge in [0.1, 0.15) is 6.61 Å². The molecule has 0 radical (unpaired) electrons. The summed E-state index contributed by atoms with van der Waals surface area (Å²) in [6, 6.07) is 0. The van der Waals surface area contributed by atoms with Crippen molar-refractivity contribution in [2.24, 2.45) is 0 Å². The van der Waals surface area contributed by atoms with Gasteiger partial charge in [0.05, 0.1) is 6.61 Å². The van der Waals surface area contributed by atoms with Crippen LogP contribution in [-0.4, -0.2) is 40.3 Å². The predicted octanol–water partition coefficient (Wildman–Crippen LogP) is 5.31. The van der Waals surface area contributed by atoms with Crippen LogP contribution in [-0.2, 0) is 23.5 Å². The van der Waals surface area contributed by atoms with E-state index in [0.717, 1.165) is 38.5 Å². The Balaban J connectivity index is 3.53. The summed E-state index contributed by atoms with van der Waals surface area (Å²) < 4.78 is 19.7. The largest absolute Gasteiger partial charge is 0.469 e. The van der Waals surface area contributed by atoms with Crippen molar-refractivity contribution in [3.63, 3.8) is 0 Å². The van der Waals surface area contributed by atoms with Gasteiger partial charge in [0, 0.05) is 6.42 Å². The van der Waals surface area contributed by atoms with Gasteiger partial charge in [0.25, 0.3) is 0 Å². The van der Waals surface area contributed by atoms with E-state index in [1.54, 1.807) is 0 Å². The average molecular weight is 451 g/mol. The van der Waals surface area contributed by atoms with E-state index < -0.39 is 26.5 Å². The van der Waals surface area contributed by atoms with Crippen LogP contribution in [0.15, 0.2) is 24.3 Å². The number of ether oxygens (including phenoxy) is 1. The maximum absolute atomic E-state index is 11.6. The molecule has 0 aromatic rings. The smallest absolute Gasteiger partial charge is 0.463 e. The third-order valence-electron chi connectivity index (χ3n) is 4.34. The van der Waals surface area contributed by atoms with Crippen LogP contribution in [0.2, 0.25) is 0 Å². The lowest BCUT2D eigenvalue weighted by Crippen LogP contribution is -2.25. The van der Waals surface area contributed by atoms with Crippen LogP contribution in [0.3, 0.4) is 0 Å². The summed E-state index contributed by atoms with van der Waals surface area (Å²) in [5.41, 5.74) is 0. The molecule has 0 rings (SSSR count). The lowest BCUT2D eigenvalue weighted by molar-refractivity contribution is -0.290. The zero-order valence-corrected chi connectivity index (χ0v) is 19.0. The molecule has 30 heavy (non-hydrogen) atoms. The Morgan fingerprint density at radius 1 is 0.900 bits per heavy atom. The van der Waals surface area contributed by atoms with E-state index in [-0.39, 0.29) is 13.0 Å². The van der Waals surface area contributed by atoms with Gasteiger partial charge in [-0.1, -0.05) is 63.3 Å². The zero-order chi connectivity index (χ0) is 22.5. The van der Waals surface area contributed by atoms with Crippen LogP contribution in [0.4, 0.5) is 0 Å². The molecule has 9 heteroatoms. The molecular weight excluding hydrogens is 411 g/mol. The number of esters is 1. The Hall–Kier alpha value is -1.02. The maximum atomic E-state index is 11.6. The van der Waals surface area contributed by atoms with Crippen molar-refractivity contribution in [1.82, 2.24) is 0 Å². The van der Waals surface area contributed by atoms with Crippen LogP contribution in [0.25, 0.3) is 0 Å². The van der Waals surface area contributed by atoms with Crippen LogP contribution in [0, 0.1) is 0 Å².